The van der Waals surface area contributed by atoms with Gasteiger partial charge in [0, 0.05) is 39.6 Å². The number of aliphatic hydroxyl groups excluding tert-OH is 1. The summed E-state index contributed by atoms with van der Waals surface area (Å²) >= 11 is 1.25. The van der Waals surface area contributed by atoms with Gasteiger partial charge in [-0.25, -0.2) is 24.0 Å². The summed E-state index contributed by atoms with van der Waals surface area (Å²) in [7, 11) is 6.52. The normalized spacial score (nSPS) is 29.6. The Bertz CT molecular complexity index is 4240. The van der Waals surface area contributed by atoms with E-state index < -0.39 is 122 Å². The second kappa shape index (κ2) is 41.9. The fourth-order valence-corrected chi connectivity index (χ4v) is 15.3. The van der Waals surface area contributed by atoms with Crippen molar-refractivity contribution in [2.75, 3.05) is 60.6 Å². The highest BCUT2D eigenvalue weighted by Gasteiger charge is 2.59. The van der Waals surface area contributed by atoms with Crippen LogP contribution in [0.5, 0.6) is 0 Å². The van der Waals surface area contributed by atoms with Crippen LogP contribution in [0.25, 0.3) is 0 Å². The minimum atomic E-state index is -1.70. The molecule has 8 aromatic rings. The van der Waals surface area contributed by atoms with Gasteiger partial charge in [0.05, 0.1) is 66.5 Å². The molecular formula is C88H96O25S. The molecule has 22 atom stereocenters. The molecule has 0 bridgehead atoms. The van der Waals surface area contributed by atoms with Crippen molar-refractivity contribution in [3.8, 4) is 0 Å². The Morgan fingerprint density at radius 2 is 0.772 bits per heavy atom. The van der Waals surface area contributed by atoms with E-state index in [9.17, 15) is 29.1 Å². The fraction of sp³-hybridized carbons (Fsp3) is 0.398. The second-order valence-corrected chi connectivity index (χ2v) is 28.8. The number of hydrogen-bond donors (Lipinski definition) is 1. The molecule has 604 valence electrons. The SMILES string of the molecule is CCS[C@@H]1OC(COC(=O)c2ccccc2)[C@@H](O[C@H]2OC3COC(c4ccccc4)O[C@H]3[C@H](OC(=O)c3ccccc3)C2OC(=O)c2ccccc2)[C@H](OC(=O)c2ccccc2)C1OC(=O)c1ccccc1.COC1[C@H](C)OC(COCc2ccccc2)[C@@H](O)[C@@H]1OC.COC1[C@H](C)OC2COC(c3ccccc3)O[C@H]2[C@@H]1OC. The molecule has 0 saturated carbocycles. The van der Waals surface area contributed by atoms with Crippen molar-refractivity contribution in [3.63, 3.8) is 0 Å². The Balaban J connectivity index is 0.000000230. The van der Waals surface area contributed by atoms with Gasteiger partial charge in [0.15, 0.2) is 43.3 Å². The van der Waals surface area contributed by atoms with Gasteiger partial charge >= 0.3 is 29.8 Å². The first kappa shape index (κ1) is 84.3. The molecule has 25 nitrogen and oxygen atoms in total. The Morgan fingerprint density at radius 3 is 1.23 bits per heavy atom. The first-order chi connectivity index (χ1) is 55.6. The topological polar surface area (TPSA) is 281 Å². The number of rotatable bonds is 25. The Hall–Kier alpha value is -9.14. The lowest BCUT2D eigenvalue weighted by molar-refractivity contribution is -0.375. The molecule has 6 aliphatic rings. The van der Waals surface area contributed by atoms with E-state index in [0.717, 1.165) is 11.1 Å². The molecule has 0 spiro atoms. The summed E-state index contributed by atoms with van der Waals surface area (Å²) in [5.74, 6) is -3.45. The molecule has 6 saturated heterocycles. The quantitative estimate of drug-likeness (QED) is 0.0411. The van der Waals surface area contributed by atoms with Crippen LogP contribution in [0.1, 0.15) is 102 Å². The van der Waals surface area contributed by atoms with Gasteiger partial charge < -0.3 is 95.1 Å². The van der Waals surface area contributed by atoms with Gasteiger partial charge in [-0.15, -0.1) is 11.8 Å². The first-order valence-corrected chi connectivity index (χ1v) is 38.9. The van der Waals surface area contributed by atoms with E-state index in [0.29, 0.717) is 31.1 Å². The van der Waals surface area contributed by atoms with Crippen LogP contribution in [0.2, 0.25) is 0 Å². The predicted octanol–water partition coefficient (Wildman–Crippen LogP) is 11.7. The summed E-state index contributed by atoms with van der Waals surface area (Å²) in [6, 6.07) is 70.0. The summed E-state index contributed by atoms with van der Waals surface area (Å²) in [6.45, 7) is 6.46. The van der Waals surface area contributed by atoms with E-state index >= 15 is 0 Å². The van der Waals surface area contributed by atoms with Crippen molar-refractivity contribution in [3.05, 3.63) is 287 Å². The van der Waals surface area contributed by atoms with E-state index in [1.165, 1.54) is 11.8 Å². The average molecular weight is 1590 g/mol. The Kier molecular flexibility index (Phi) is 31.0. The van der Waals surface area contributed by atoms with Crippen molar-refractivity contribution in [1.29, 1.82) is 0 Å². The van der Waals surface area contributed by atoms with Crippen LogP contribution in [-0.2, 0) is 96.6 Å². The Labute approximate surface area is 666 Å². The number of aliphatic hydroxyl groups is 1. The lowest BCUT2D eigenvalue weighted by Gasteiger charge is -2.50. The van der Waals surface area contributed by atoms with Gasteiger partial charge in [-0.3, -0.25) is 0 Å². The third-order valence-corrected chi connectivity index (χ3v) is 21.0. The lowest BCUT2D eigenvalue weighted by atomic mass is 9.94. The third kappa shape index (κ3) is 21.5. The molecule has 0 amide bonds. The van der Waals surface area contributed by atoms with Crippen LogP contribution in [0.4, 0.5) is 0 Å². The standard InChI is InChI=1S/C56H50O15S.C16H22O5.C16H24O5/c1-2-72-56-48(69-53(61)39-29-17-7-18-30-39)46(67-51(59)37-25-13-5-14-26-37)44(42(65-56)33-62-49(57)35-21-9-3-10-22-35)71-55-47(68-52(60)38-27-15-6-16-28-38)45(66-50(58)36-23-11-4-12-24-36)43-41(64-55)34-63-54(70-43)40-31-19-8-20-32-40;1-10-13(17-2)15(18-3)14-12(20-10)9-19-16(21-14)11-7-5-4-6-8-11;1-11-15(18-2)16(19-3)14(17)13(21-11)10-20-9-12-7-5-4-6-8-12/h3-32,41-48,54-56H,2,33-34H2,1H3;4-8,10,12-16H,9H2,1-3H3;4-8,11,13-17H,9-10H2,1-3H3/t41?,42?,43-,44-,45+,46+,47?,48?,54?,55-,56+;10-,12?,13?,14+,15+,16?;11-,13?,14+,15?,16-/m100/s1. The van der Waals surface area contributed by atoms with E-state index in [-0.39, 0.29) is 83.4 Å². The van der Waals surface area contributed by atoms with E-state index in [1.807, 2.05) is 112 Å². The highest BCUT2D eigenvalue weighted by Crippen LogP contribution is 2.42. The van der Waals surface area contributed by atoms with Crippen LogP contribution in [0.3, 0.4) is 0 Å². The Morgan fingerprint density at radius 1 is 0.386 bits per heavy atom. The van der Waals surface area contributed by atoms with Gasteiger partial charge in [0.25, 0.3) is 0 Å². The molecule has 6 aliphatic heterocycles. The number of esters is 5. The zero-order chi connectivity index (χ0) is 79.9. The van der Waals surface area contributed by atoms with Gasteiger partial charge in [0.1, 0.15) is 85.3 Å². The summed E-state index contributed by atoms with van der Waals surface area (Å²) in [5.41, 5.74) is 2.66. The summed E-state index contributed by atoms with van der Waals surface area (Å²) in [4.78, 5) is 70.6. The molecule has 1 N–H and O–H groups in total. The van der Waals surface area contributed by atoms with Crippen molar-refractivity contribution in [2.45, 2.75) is 162 Å². The largest absolute Gasteiger partial charge is 0.459 e. The predicted molar refractivity (Wildman–Crippen MR) is 414 cm³/mol. The number of fused-ring (bicyclic) bond motifs is 2. The van der Waals surface area contributed by atoms with E-state index in [1.54, 1.807) is 180 Å². The lowest BCUT2D eigenvalue weighted by Crippen LogP contribution is -2.67. The van der Waals surface area contributed by atoms with Crippen molar-refractivity contribution in [2.24, 2.45) is 0 Å². The summed E-state index contributed by atoms with van der Waals surface area (Å²) in [5, 5.41) is 10.3. The third-order valence-electron chi connectivity index (χ3n) is 20.0. The fourth-order valence-electron chi connectivity index (χ4n) is 14.3. The number of methoxy groups -OCH3 is 4. The molecule has 0 radical (unpaired) electrons. The van der Waals surface area contributed by atoms with Crippen LogP contribution >= 0.6 is 11.8 Å². The minimum Gasteiger partial charge on any atom is -0.459 e. The maximum absolute atomic E-state index is 14.3. The number of ether oxygens (including phenoxy) is 19. The number of carbonyl (C=O) groups excluding carboxylic acids is 5. The van der Waals surface area contributed by atoms with Crippen molar-refractivity contribution in [1.82, 2.24) is 0 Å². The maximum Gasteiger partial charge on any atom is 0.338 e. The van der Waals surface area contributed by atoms with Gasteiger partial charge in [-0.1, -0.05) is 189 Å². The van der Waals surface area contributed by atoms with Crippen molar-refractivity contribution < 1.29 is 119 Å². The maximum atomic E-state index is 14.3. The molecular weight excluding hydrogens is 1490 g/mol. The molecule has 14 rings (SSSR count). The van der Waals surface area contributed by atoms with Gasteiger partial charge in [-0.05, 0) is 85.8 Å². The van der Waals surface area contributed by atoms with Crippen molar-refractivity contribution >= 4 is 41.6 Å². The second-order valence-electron chi connectivity index (χ2n) is 27.5. The van der Waals surface area contributed by atoms with Crippen LogP contribution in [-0.4, -0.2) is 217 Å². The summed E-state index contributed by atoms with van der Waals surface area (Å²) in [6.07, 6.45) is -16.8. The first-order valence-electron chi connectivity index (χ1n) is 37.9. The zero-order valence-corrected chi connectivity index (χ0v) is 65.0. The molecule has 10 unspecified atom stereocenters. The number of carbonyl (C=O) groups is 5. The zero-order valence-electron chi connectivity index (χ0n) is 64.2. The highest BCUT2D eigenvalue weighted by atomic mass is 32.2. The van der Waals surface area contributed by atoms with Crippen LogP contribution in [0, 0.1) is 0 Å². The molecule has 8 aromatic carbocycles. The number of benzene rings is 8. The molecule has 114 heavy (non-hydrogen) atoms. The number of thioether (sulfide) groups is 1. The molecule has 6 fully saturated rings. The van der Waals surface area contributed by atoms with E-state index in [2.05, 4.69) is 0 Å². The van der Waals surface area contributed by atoms with Crippen LogP contribution < -0.4 is 0 Å². The van der Waals surface area contributed by atoms with Crippen LogP contribution in [0.15, 0.2) is 243 Å². The molecule has 26 heteroatoms. The molecule has 6 heterocycles. The van der Waals surface area contributed by atoms with Gasteiger partial charge in [0.2, 0.25) is 0 Å². The smallest absolute Gasteiger partial charge is 0.338 e. The molecule has 0 aliphatic carbocycles. The molecule has 0 aromatic heterocycles. The van der Waals surface area contributed by atoms with E-state index in [4.69, 9.17) is 90.0 Å². The van der Waals surface area contributed by atoms with Gasteiger partial charge in [-0.2, -0.15) is 0 Å². The number of hydrogen-bond acceptors (Lipinski definition) is 26. The monoisotopic (exact) mass is 1580 g/mol. The average Bonchev–Trinajstić information content (AvgIpc) is 0.753. The summed E-state index contributed by atoms with van der Waals surface area (Å²) < 4.78 is 116. The highest BCUT2D eigenvalue weighted by molar-refractivity contribution is 7.99. The minimum absolute atomic E-state index is 0.0540.